The monoisotopic (exact) mass is 241 g/mol. The van der Waals surface area contributed by atoms with Crippen LogP contribution < -0.4 is 4.74 Å². The Morgan fingerprint density at radius 1 is 1.11 bits per heavy atom. The van der Waals surface area contributed by atoms with Gasteiger partial charge in [-0.15, -0.1) is 0 Å². The highest BCUT2D eigenvalue weighted by molar-refractivity contribution is 6.10. The van der Waals surface area contributed by atoms with Crippen molar-refractivity contribution in [3.63, 3.8) is 0 Å². The SMILES string of the molecule is COc1ccc(C(=O)c2cnccc2C)c(C)c1. The molecule has 3 heteroatoms. The van der Waals surface area contributed by atoms with Crippen LogP contribution >= 0.6 is 0 Å². The molecule has 1 aromatic carbocycles. The normalized spacial score (nSPS) is 10.2. The third-order valence-electron chi connectivity index (χ3n) is 2.96. The molecule has 0 saturated carbocycles. The summed E-state index contributed by atoms with van der Waals surface area (Å²) >= 11 is 0. The lowest BCUT2D eigenvalue weighted by Gasteiger charge is -2.08. The van der Waals surface area contributed by atoms with E-state index in [-0.39, 0.29) is 5.78 Å². The number of nitrogens with zero attached hydrogens (tertiary/aromatic N) is 1. The van der Waals surface area contributed by atoms with Crippen molar-refractivity contribution < 1.29 is 9.53 Å². The number of carbonyl (C=O) groups excluding carboxylic acids is 1. The van der Waals surface area contributed by atoms with Crippen LogP contribution in [0.15, 0.2) is 36.7 Å². The fourth-order valence-corrected chi connectivity index (χ4v) is 1.86. The van der Waals surface area contributed by atoms with Gasteiger partial charge >= 0.3 is 0 Å². The van der Waals surface area contributed by atoms with Gasteiger partial charge in [-0.1, -0.05) is 0 Å². The quantitative estimate of drug-likeness (QED) is 0.775. The second-order valence-corrected chi connectivity index (χ2v) is 4.20. The zero-order valence-corrected chi connectivity index (χ0v) is 10.7. The van der Waals surface area contributed by atoms with Gasteiger partial charge in [0, 0.05) is 23.5 Å². The number of hydrogen-bond acceptors (Lipinski definition) is 3. The van der Waals surface area contributed by atoms with Crippen molar-refractivity contribution in [3.8, 4) is 5.75 Å². The van der Waals surface area contributed by atoms with E-state index >= 15 is 0 Å². The maximum atomic E-state index is 12.4. The largest absolute Gasteiger partial charge is 0.497 e. The first-order valence-electron chi connectivity index (χ1n) is 5.73. The van der Waals surface area contributed by atoms with Crippen LogP contribution in [0.4, 0.5) is 0 Å². The molecule has 0 saturated heterocycles. The number of ketones is 1. The van der Waals surface area contributed by atoms with E-state index in [1.54, 1.807) is 31.6 Å². The van der Waals surface area contributed by atoms with Crippen LogP contribution in [-0.4, -0.2) is 17.9 Å². The van der Waals surface area contributed by atoms with Gasteiger partial charge in [-0.3, -0.25) is 9.78 Å². The molecule has 0 N–H and O–H groups in total. The fraction of sp³-hybridized carbons (Fsp3) is 0.200. The fourth-order valence-electron chi connectivity index (χ4n) is 1.86. The van der Waals surface area contributed by atoms with Crippen LogP contribution in [0, 0.1) is 13.8 Å². The van der Waals surface area contributed by atoms with Crippen LogP contribution in [0.25, 0.3) is 0 Å². The van der Waals surface area contributed by atoms with E-state index in [0.717, 1.165) is 16.9 Å². The maximum absolute atomic E-state index is 12.4. The molecular weight excluding hydrogens is 226 g/mol. The second-order valence-electron chi connectivity index (χ2n) is 4.20. The molecule has 0 bridgehead atoms. The lowest BCUT2D eigenvalue weighted by atomic mass is 9.97. The third-order valence-corrected chi connectivity index (χ3v) is 2.96. The van der Waals surface area contributed by atoms with Crippen molar-refractivity contribution in [1.82, 2.24) is 4.98 Å². The third kappa shape index (κ3) is 2.25. The summed E-state index contributed by atoms with van der Waals surface area (Å²) < 4.78 is 5.14. The number of aryl methyl sites for hydroxylation is 2. The highest BCUT2D eigenvalue weighted by Gasteiger charge is 2.14. The number of methoxy groups -OCH3 is 1. The van der Waals surface area contributed by atoms with E-state index < -0.39 is 0 Å². The number of carbonyl (C=O) groups is 1. The number of hydrogen-bond donors (Lipinski definition) is 0. The summed E-state index contributed by atoms with van der Waals surface area (Å²) in [6.45, 7) is 3.81. The van der Waals surface area contributed by atoms with Crippen LogP contribution in [0.3, 0.4) is 0 Å². The van der Waals surface area contributed by atoms with Crippen LogP contribution in [0.1, 0.15) is 27.0 Å². The van der Waals surface area contributed by atoms with Gasteiger partial charge in [-0.25, -0.2) is 0 Å². The first-order chi connectivity index (χ1) is 8.63. The van der Waals surface area contributed by atoms with Crippen LogP contribution in [0.5, 0.6) is 5.75 Å². The molecule has 0 radical (unpaired) electrons. The van der Waals surface area contributed by atoms with Gasteiger partial charge in [0.05, 0.1) is 7.11 Å². The summed E-state index contributed by atoms with van der Waals surface area (Å²) in [6.07, 6.45) is 3.30. The molecule has 18 heavy (non-hydrogen) atoms. The highest BCUT2D eigenvalue weighted by Crippen LogP contribution is 2.20. The Bertz CT molecular complexity index is 591. The van der Waals surface area contributed by atoms with Crippen LogP contribution in [0.2, 0.25) is 0 Å². The molecule has 0 spiro atoms. The van der Waals surface area contributed by atoms with Gasteiger partial charge in [0.2, 0.25) is 0 Å². The summed E-state index contributed by atoms with van der Waals surface area (Å²) in [5.74, 6) is 0.757. The van der Waals surface area contributed by atoms with E-state index in [0.29, 0.717) is 11.1 Å². The lowest BCUT2D eigenvalue weighted by Crippen LogP contribution is -2.06. The molecule has 1 aromatic heterocycles. The molecule has 0 unspecified atom stereocenters. The Morgan fingerprint density at radius 2 is 1.89 bits per heavy atom. The van der Waals surface area contributed by atoms with Crippen molar-refractivity contribution in [2.75, 3.05) is 7.11 Å². The minimum Gasteiger partial charge on any atom is -0.497 e. The zero-order valence-electron chi connectivity index (χ0n) is 10.7. The average molecular weight is 241 g/mol. The van der Waals surface area contributed by atoms with E-state index in [1.807, 2.05) is 26.0 Å². The molecular formula is C15H15NO2. The summed E-state index contributed by atoms with van der Waals surface area (Å²) in [5, 5.41) is 0. The smallest absolute Gasteiger partial charge is 0.195 e. The van der Waals surface area contributed by atoms with Crippen molar-refractivity contribution in [2.24, 2.45) is 0 Å². The molecule has 2 rings (SSSR count). The number of ether oxygens (including phenoxy) is 1. The Kier molecular flexibility index (Phi) is 3.42. The summed E-state index contributed by atoms with van der Waals surface area (Å²) in [6, 6.07) is 7.29. The predicted molar refractivity (Wildman–Crippen MR) is 70.1 cm³/mol. The van der Waals surface area contributed by atoms with E-state index in [2.05, 4.69) is 4.98 Å². The Hall–Kier alpha value is -2.16. The number of pyridine rings is 1. The van der Waals surface area contributed by atoms with Gasteiger partial charge in [0.25, 0.3) is 0 Å². The molecule has 92 valence electrons. The van der Waals surface area contributed by atoms with Crippen molar-refractivity contribution >= 4 is 5.78 Å². The summed E-state index contributed by atoms with van der Waals surface area (Å²) in [4.78, 5) is 16.4. The number of rotatable bonds is 3. The first kappa shape index (κ1) is 12.3. The summed E-state index contributed by atoms with van der Waals surface area (Å²) in [7, 11) is 1.61. The van der Waals surface area contributed by atoms with E-state index in [9.17, 15) is 4.79 Å². The van der Waals surface area contributed by atoms with Gasteiger partial charge in [0.15, 0.2) is 5.78 Å². The summed E-state index contributed by atoms with van der Waals surface area (Å²) in [5.41, 5.74) is 3.17. The highest BCUT2D eigenvalue weighted by atomic mass is 16.5. The molecule has 1 heterocycles. The Labute approximate surface area is 106 Å². The Balaban J connectivity index is 2.44. The molecule has 0 fully saturated rings. The lowest BCUT2D eigenvalue weighted by molar-refractivity contribution is 0.103. The number of benzene rings is 1. The van der Waals surface area contributed by atoms with Crippen molar-refractivity contribution in [1.29, 1.82) is 0 Å². The minimum atomic E-state index is 0.000697. The van der Waals surface area contributed by atoms with Gasteiger partial charge in [-0.05, 0) is 49.2 Å². The molecule has 0 aliphatic rings. The topological polar surface area (TPSA) is 39.2 Å². The molecule has 0 atom stereocenters. The molecule has 3 nitrogen and oxygen atoms in total. The molecule has 0 amide bonds. The van der Waals surface area contributed by atoms with E-state index in [1.165, 1.54) is 0 Å². The van der Waals surface area contributed by atoms with Crippen molar-refractivity contribution in [3.05, 3.63) is 58.9 Å². The van der Waals surface area contributed by atoms with E-state index in [4.69, 9.17) is 4.74 Å². The zero-order chi connectivity index (χ0) is 13.1. The molecule has 2 aromatic rings. The molecule has 0 aliphatic carbocycles. The first-order valence-corrected chi connectivity index (χ1v) is 5.73. The average Bonchev–Trinajstić information content (AvgIpc) is 2.38. The maximum Gasteiger partial charge on any atom is 0.195 e. The molecule has 0 aliphatic heterocycles. The van der Waals surface area contributed by atoms with Crippen LogP contribution in [-0.2, 0) is 0 Å². The van der Waals surface area contributed by atoms with Gasteiger partial charge in [-0.2, -0.15) is 0 Å². The van der Waals surface area contributed by atoms with Crippen molar-refractivity contribution in [2.45, 2.75) is 13.8 Å². The van der Waals surface area contributed by atoms with Gasteiger partial charge < -0.3 is 4.74 Å². The standard InChI is InChI=1S/C15H15NO2/c1-10-6-7-16-9-14(10)15(17)13-5-4-12(18-3)8-11(13)2/h4-9H,1-3H3. The number of aromatic nitrogens is 1. The minimum absolute atomic E-state index is 0.000697. The van der Waals surface area contributed by atoms with Gasteiger partial charge in [0.1, 0.15) is 5.75 Å². The Morgan fingerprint density at radius 3 is 2.50 bits per heavy atom. The second kappa shape index (κ2) is 5.00. The predicted octanol–water partition coefficient (Wildman–Crippen LogP) is 2.94.